The van der Waals surface area contributed by atoms with E-state index in [-0.39, 0.29) is 17.0 Å². The molecule has 0 amide bonds. The zero-order valence-corrected chi connectivity index (χ0v) is 12.4. The molecule has 2 rings (SSSR count). The number of carboxylic acids is 1. The summed E-state index contributed by atoms with van der Waals surface area (Å²) in [6.45, 7) is 1.82. The highest BCUT2D eigenvalue weighted by Gasteiger charge is 2.38. The number of carboxylic acid groups (broad SMARTS) is 1. The summed E-state index contributed by atoms with van der Waals surface area (Å²) in [6.07, 6.45) is 1.60. The van der Waals surface area contributed by atoms with Gasteiger partial charge in [-0.25, -0.2) is 8.42 Å². The molecule has 0 spiro atoms. The molecule has 1 fully saturated rings. The van der Waals surface area contributed by atoms with E-state index in [9.17, 15) is 23.6 Å². The van der Waals surface area contributed by atoms with E-state index in [0.29, 0.717) is 24.8 Å². The maximum Gasteiger partial charge on any atom is 0.322 e. The summed E-state index contributed by atoms with van der Waals surface area (Å²) in [6, 6.07) is 5.41. The van der Waals surface area contributed by atoms with Crippen LogP contribution in [-0.4, -0.2) is 36.4 Å². The molecule has 1 N–H and O–H groups in total. The number of hydrogen-bond donors (Lipinski definition) is 1. The number of nitriles is 1. The third-order valence-corrected chi connectivity index (χ3v) is 5.62. The first kappa shape index (κ1) is 15.5. The second kappa shape index (κ2) is 5.84. The first-order valence-corrected chi connectivity index (χ1v) is 8.08. The largest absolute Gasteiger partial charge is 0.480 e. The lowest BCUT2D eigenvalue weighted by molar-refractivity contribution is -0.142. The van der Waals surface area contributed by atoms with Gasteiger partial charge < -0.3 is 5.11 Å². The Balaban J connectivity index is 2.54. The summed E-state index contributed by atoms with van der Waals surface area (Å²) in [5.74, 6) is -1.15. The molecule has 1 aromatic rings. The normalized spacial score (nSPS) is 19.9. The first-order chi connectivity index (χ1) is 9.89. The fourth-order valence-corrected chi connectivity index (χ4v) is 4.43. The molecule has 1 aliphatic heterocycles. The lowest BCUT2D eigenvalue weighted by atomic mass is 10.1. The molecule has 6 nitrogen and oxygen atoms in total. The zero-order chi connectivity index (χ0) is 15.6. The van der Waals surface area contributed by atoms with Gasteiger partial charge in [-0.1, -0.05) is 12.1 Å². The number of piperidine rings is 1. The highest BCUT2D eigenvalue weighted by atomic mass is 32.2. The fraction of sp³-hybridized carbons (Fsp3) is 0.429. The van der Waals surface area contributed by atoms with E-state index >= 15 is 0 Å². The predicted octanol–water partition coefficient (Wildman–Crippen LogP) is 1.49. The topological polar surface area (TPSA) is 98.5 Å². The molecule has 1 aromatic carbocycles. The second-order valence-electron chi connectivity index (χ2n) is 5.03. The van der Waals surface area contributed by atoms with Gasteiger partial charge in [-0.15, -0.1) is 0 Å². The average Bonchev–Trinajstić information content (AvgIpc) is 2.46. The van der Waals surface area contributed by atoms with Gasteiger partial charge in [0.05, 0.1) is 5.56 Å². The third kappa shape index (κ3) is 2.77. The molecule has 1 atom stereocenters. The van der Waals surface area contributed by atoms with Crippen LogP contribution in [0, 0.1) is 18.3 Å². The minimum absolute atomic E-state index is 0.0761. The fourth-order valence-electron chi connectivity index (χ4n) is 2.56. The van der Waals surface area contributed by atoms with Crippen LogP contribution in [0.5, 0.6) is 0 Å². The molecule has 1 heterocycles. The van der Waals surface area contributed by atoms with Gasteiger partial charge in [0, 0.05) is 6.54 Å². The number of rotatable bonds is 3. The van der Waals surface area contributed by atoms with Gasteiger partial charge in [0.15, 0.2) is 0 Å². The van der Waals surface area contributed by atoms with Gasteiger partial charge in [-0.2, -0.15) is 9.57 Å². The minimum atomic E-state index is -3.99. The van der Waals surface area contributed by atoms with Crippen molar-refractivity contribution in [3.8, 4) is 6.07 Å². The van der Waals surface area contributed by atoms with Crippen molar-refractivity contribution >= 4 is 16.0 Å². The number of hydrogen-bond acceptors (Lipinski definition) is 4. The molecule has 1 aliphatic rings. The van der Waals surface area contributed by atoms with Crippen LogP contribution >= 0.6 is 0 Å². The SMILES string of the molecule is Cc1cccc(S(=O)(=O)N2CCCCC2C(=O)O)c1C#N. The van der Waals surface area contributed by atoms with Gasteiger partial charge >= 0.3 is 5.97 Å². The van der Waals surface area contributed by atoms with E-state index in [1.165, 1.54) is 6.07 Å². The van der Waals surface area contributed by atoms with Crippen LogP contribution < -0.4 is 0 Å². The molecule has 112 valence electrons. The van der Waals surface area contributed by atoms with Crippen LogP contribution in [0.3, 0.4) is 0 Å². The van der Waals surface area contributed by atoms with Crippen molar-refractivity contribution in [2.75, 3.05) is 6.54 Å². The summed E-state index contributed by atoms with van der Waals surface area (Å²) in [4.78, 5) is 11.2. The molecule has 0 saturated carbocycles. The molecular formula is C14H16N2O4S. The molecule has 21 heavy (non-hydrogen) atoms. The van der Waals surface area contributed by atoms with Crippen LogP contribution in [0.4, 0.5) is 0 Å². The summed E-state index contributed by atoms with van der Waals surface area (Å²) >= 11 is 0. The molecule has 1 saturated heterocycles. The van der Waals surface area contributed by atoms with E-state index < -0.39 is 22.0 Å². The Labute approximate surface area is 123 Å². The van der Waals surface area contributed by atoms with Crippen molar-refractivity contribution in [1.29, 1.82) is 5.26 Å². The van der Waals surface area contributed by atoms with Gasteiger partial charge in [-0.3, -0.25) is 4.79 Å². The molecule has 7 heteroatoms. The summed E-state index contributed by atoms with van der Waals surface area (Å²) < 4.78 is 26.5. The monoisotopic (exact) mass is 308 g/mol. The van der Waals surface area contributed by atoms with E-state index in [2.05, 4.69) is 0 Å². The molecular weight excluding hydrogens is 292 g/mol. The van der Waals surface area contributed by atoms with E-state index in [0.717, 1.165) is 4.31 Å². The van der Waals surface area contributed by atoms with E-state index in [4.69, 9.17) is 0 Å². The Morgan fingerprint density at radius 1 is 1.43 bits per heavy atom. The highest BCUT2D eigenvalue weighted by molar-refractivity contribution is 7.89. The smallest absolute Gasteiger partial charge is 0.322 e. The van der Waals surface area contributed by atoms with E-state index in [1.54, 1.807) is 19.1 Å². The quantitative estimate of drug-likeness (QED) is 0.912. The Hall–Kier alpha value is -1.91. The summed E-state index contributed by atoms with van der Waals surface area (Å²) in [7, 11) is -3.99. The Kier molecular flexibility index (Phi) is 4.30. The minimum Gasteiger partial charge on any atom is -0.480 e. The van der Waals surface area contributed by atoms with Crippen molar-refractivity contribution in [2.45, 2.75) is 37.1 Å². The van der Waals surface area contributed by atoms with Crippen LogP contribution in [-0.2, 0) is 14.8 Å². The Morgan fingerprint density at radius 3 is 2.76 bits per heavy atom. The summed E-state index contributed by atoms with van der Waals surface area (Å²) in [5, 5.41) is 18.4. The van der Waals surface area contributed by atoms with Crippen LogP contribution in [0.2, 0.25) is 0 Å². The lowest BCUT2D eigenvalue weighted by Crippen LogP contribution is -2.48. The maximum absolute atomic E-state index is 12.7. The van der Waals surface area contributed by atoms with Gasteiger partial charge in [0.1, 0.15) is 17.0 Å². The number of benzene rings is 1. The third-order valence-electron chi connectivity index (χ3n) is 3.67. The number of nitrogens with zero attached hydrogens (tertiary/aromatic N) is 2. The van der Waals surface area contributed by atoms with Gasteiger partial charge in [0.2, 0.25) is 10.0 Å². The summed E-state index contributed by atoms with van der Waals surface area (Å²) in [5.41, 5.74) is 0.634. The molecule has 0 aromatic heterocycles. The first-order valence-electron chi connectivity index (χ1n) is 6.64. The number of aryl methyl sites for hydroxylation is 1. The van der Waals surface area contributed by atoms with Crippen LogP contribution in [0.1, 0.15) is 30.4 Å². The average molecular weight is 308 g/mol. The van der Waals surface area contributed by atoms with Crippen LogP contribution in [0.25, 0.3) is 0 Å². The molecule has 1 unspecified atom stereocenters. The standard InChI is InChI=1S/C14H16N2O4S/c1-10-5-4-7-13(11(10)9-15)21(19,20)16-8-3-2-6-12(16)14(17)18/h4-5,7,12H,2-3,6,8H2,1H3,(H,17,18). The number of carbonyl (C=O) groups is 1. The van der Waals surface area contributed by atoms with Gasteiger partial charge in [-0.05, 0) is 37.8 Å². The lowest BCUT2D eigenvalue weighted by Gasteiger charge is -2.32. The predicted molar refractivity (Wildman–Crippen MR) is 75.1 cm³/mol. The molecule has 0 bridgehead atoms. The van der Waals surface area contributed by atoms with Crippen molar-refractivity contribution in [1.82, 2.24) is 4.31 Å². The number of sulfonamides is 1. The maximum atomic E-state index is 12.7. The van der Waals surface area contributed by atoms with Crippen molar-refractivity contribution in [3.63, 3.8) is 0 Å². The van der Waals surface area contributed by atoms with Crippen molar-refractivity contribution < 1.29 is 18.3 Å². The van der Waals surface area contributed by atoms with Crippen LogP contribution in [0.15, 0.2) is 23.1 Å². The zero-order valence-electron chi connectivity index (χ0n) is 11.6. The Morgan fingerprint density at radius 2 is 2.14 bits per heavy atom. The highest BCUT2D eigenvalue weighted by Crippen LogP contribution is 2.28. The van der Waals surface area contributed by atoms with Crippen molar-refractivity contribution in [2.24, 2.45) is 0 Å². The van der Waals surface area contributed by atoms with Gasteiger partial charge in [0.25, 0.3) is 0 Å². The Bertz CT molecular complexity index is 706. The molecule has 0 aliphatic carbocycles. The van der Waals surface area contributed by atoms with E-state index in [1.807, 2.05) is 6.07 Å². The number of aliphatic carboxylic acids is 1. The molecule has 0 radical (unpaired) electrons. The second-order valence-corrected chi connectivity index (χ2v) is 6.88. The van der Waals surface area contributed by atoms with Crippen molar-refractivity contribution in [3.05, 3.63) is 29.3 Å².